The maximum Gasteiger partial charge on any atom is 0.291 e. The third-order valence-corrected chi connectivity index (χ3v) is 2.90. The molecule has 6 nitrogen and oxygen atoms in total. The largest absolute Gasteiger partial charge is 0.444 e. The van der Waals surface area contributed by atoms with Gasteiger partial charge in [-0.3, -0.25) is 9.59 Å². The minimum absolute atomic E-state index is 0.0307. The molecule has 0 aliphatic heterocycles. The van der Waals surface area contributed by atoms with Crippen LogP contribution in [0.25, 0.3) is 0 Å². The molecular formula is C14H13BrN2O4. The Hall–Kier alpha value is -2.12. The van der Waals surface area contributed by atoms with Gasteiger partial charge in [0.1, 0.15) is 6.61 Å². The molecule has 1 aromatic carbocycles. The number of amides is 2. The van der Waals surface area contributed by atoms with Crippen LogP contribution in [0.15, 0.2) is 45.5 Å². The molecule has 0 bridgehead atoms. The molecule has 2 aromatic rings. The Kier molecular flexibility index (Phi) is 5.13. The van der Waals surface area contributed by atoms with Crippen LogP contribution in [0, 0.1) is 0 Å². The number of hydrogen-bond acceptors (Lipinski definition) is 4. The van der Waals surface area contributed by atoms with Crippen LogP contribution < -0.4 is 10.6 Å². The maximum absolute atomic E-state index is 11.9. The van der Waals surface area contributed by atoms with Gasteiger partial charge >= 0.3 is 0 Å². The lowest BCUT2D eigenvalue weighted by atomic mass is 10.2. The van der Waals surface area contributed by atoms with Crippen LogP contribution in [0.5, 0.6) is 0 Å². The van der Waals surface area contributed by atoms with Crippen molar-refractivity contribution in [3.05, 3.63) is 46.8 Å². The maximum atomic E-state index is 11.9. The fraction of sp³-hybridized carbons (Fsp3) is 0.143. The lowest BCUT2D eigenvalue weighted by Gasteiger charge is -2.07. The molecule has 1 aromatic heterocycles. The molecule has 1 heterocycles. The lowest BCUT2D eigenvalue weighted by Crippen LogP contribution is -2.17. The highest BCUT2D eigenvalue weighted by molar-refractivity contribution is 9.10. The van der Waals surface area contributed by atoms with Crippen LogP contribution in [-0.4, -0.2) is 25.5 Å². The van der Waals surface area contributed by atoms with Gasteiger partial charge in [-0.2, -0.15) is 0 Å². The molecular weight excluding hydrogens is 340 g/mol. The van der Waals surface area contributed by atoms with Crippen molar-refractivity contribution in [2.24, 2.45) is 0 Å². The molecule has 2 rings (SSSR count). The Balaban J connectivity index is 2.04. The van der Waals surface area contributed by atoms with E-state index in [-0.39, 0.29) is 24.2 Å². The van der Waals surface area contributed by atoms with Crippen molar-refractivity contribution in [2.45, 2.75) is 0 Å². The van der Waals surface area contributed by atoms with E-state index in [0.29, 0.717) is 16.0 Å². The van der Waals surface area contributed by atoms with Gasteiger partial charge in [-0.15, -0.1) is 0 Å². The van der Waals surface area contributed by atoms with E-state index in [4.69, 9.17) is 9.15 Å². The quantitative estimate of drug-likeness (QED) is 0.866. The first kappa shape index (κ1) is 15.3. The summed E-state index contributed by atoms with van der Waals surface area (Å²) in [4.78, 5) is 23.4. The van der Waals surface area contributed by atoms with Crippen LogP contribution in [0.1, 0.15) is 10.6 Å². The van der Waals surface area contributed by atoms with Crippen molar-refractivity contribution in [3.63, 3.8) is 0 Å². The predicted octanol–water partition coefficient (Wildman–Crippen LogP) is 2.88. The molecule has 0 aliphatic rings. The monoisotopic (exact) mass is 352 g/mol. The minimum Gasteiger partial charge on any atom is -0.444 e. The normalized spacial score (nSPS) is 10.2. The van der Waals surface area contributed by atoms with Crippen molar-refractivity contribution in [3.8, 4) is 0 Å². The number of rotatable bonds is 5. The fourth-order valence-electron chi connectivity index (χ4n) is 1.63. The average Bonchev–Trinajstić information content (AvgIpc) is 2.86. The van der Waals surface area contributed by atoms with Crippen LogP contribution in [0.4, 0.5) is 11.4 Å². The van der Waals surface area contributed by atoms with Gasteiger partial charge in [-0.25, -0.2) is 0 Å². The van der Waals surface area contributed by atoms with Gasteiger partial charge in [-0.05, 0) is 46.3 Å². The zero-order chi connectivity index (χ0) is 15.2. The van der Waals surface area contributed by atoms with Gasteiger partial charge in [-0.1, -0.05) is 6.07 Å². The van der Waals surface area contributed by atoms with Gasteiger partial charge in [0.15, 0.2) is 10.4 Å². The molecule has 2 N–H and O–H groups in total. The number of carbonyl (C=O) groups is 2. The SMILES string of the molecule is COCC(=O)Nc1cccc(NC(=O)c2ccc(Br)o2)c1. The Bertz CT molecular complexity index is 654. The fourth-order valence-corrected chi connectivity index (χ4v) is 1.94. The molecule has 0 saturated heterocycles. The number of furan rings is 1. The first-order valence-electron chi connectivity index (χ1n) is 6.04. The van der Waals surface area contributed by atoms with E-state index < -0.39 is 0 Å². The molecule has 0 atom stereocenters. The van der Waals surface area contributed by atoms with Gasteiger partial charge in [0.25, 0.3) is 5.91 Å². The second-order valence-corrected chi connectivity index (χ2v) is 4.90. The standard InChI is InChI=1S/C14H13BrN2O4/c1-20-8-13(18)16-9-3-2-4-10(7-9)17-14(19)11-5-6-12(15)21-11/h2-7H,8H2,1H3,(H,16,18)(H,17,19). The Morgan fingerprint density at radius 2 is 1.90 bits per heavy atom. The minimum atomic E-state index is -0.374. The number of methoxy groups -OCH3 is 1. The van der Waals surface area contributed by atoms with E-state index in [9.17, 15) is 9.59 Å². The highest BCUT2D eigenvalue weighted by Gasteiger charge is 2.11. The Labute approximate surface area is 129 Å². The first-order chi connectivity index (χ1) is 10.1. The number of ether oxygens (including phenoxy) is 1. The molecule has 2 amide bonds. The molecule has 110 valence electrons. The van der Waals surface area contributed by atoms with Crippen molar-refractivity contribution in [1.29, 1.82) is 0 Å². The first-order valence-corrected chi connectivity index (χ1v) is 6.83. The zero-order valence-corrected chi connectivity index (χ0v) is 12.8. The summed E-state index contributed by atoms with van der Waals surface area (Å²) in [5.74, 6) is -0.451. The molecule has 21 heavy (non-hydrogen) atoms. The summed E-state index contributed by atoms with van der Waals surface area (Å²) < 4.78 is 10.4. The number of anilines is 2. The van der Waals surface area contributed by atoms with E-state index in [1.165, 1.54) is 7.11 Å². The van der Waals surface area contributed by atoms with Gasteiger partial charge in [0.2, 0.25) is 5.91 Å². The molecule has 0 saturated carbocycles. The highest BCUT2D eigenvalue weighted by Crippen LogP contribution is 2.18. The number of hydrogen-bond donors (Lipinski definition) is 2. The van der Waals surface area contributed by atoms with Crippen molar-refractivity contribution < 1.29 is 18.7 Å². The number of nitrogens with one attached hydrogen (secondary N) is 2. The summed E-state index contributed by atoms with van der Waals surface area (Å²) in [5, 5.41) is 5.34. The summed E-state index contributed by atoms with van der Waals surface area (Å²) >= 11 is 3.13. The van der Waals surface area contributed by atoms with Gasteiger partial charge in [0.05, 0.1) is 0 Å². The van der Waals surface area contributed by atoms with Crippen molar-refractivity contribution >= 4 is 39.1 Å². The average molecular weight is 353 g/mol. The van der Waals surface area contributed by atoms with Gasteiger partial charge in [0, 0.05) is 18.5 Å². The summed E-state index contributed by atoms with van der Waals surface area (Å²) in [7, 11) is 1.44. The van der Waals surface area contributed by atoms with Crippen LogP contribution in [-0.2, 0) is 9.53 Å². The van der Waals surface area contributed by atoms with Crippen LogP contribution >= 0.6 is 15.9 Å². The molecule has 0 fully saturated rings. The van der Waals surface area contributed by atoms with E-state index >= 15 is 0 Å². The Morgan fingerprint density at radius 3 is 2.52 bits per heavy atom. The summed E-state index contributed by atoms with van der Waals surface area (Å²) in [6.07, 6.45) is 0. The number of benzene rings is 1. The van der Waals surface area contributed by atoms with E-state index in [1.807, 2.05) is 0 Å². The summed E-state index contributed by atoms with van der Waals surface area (Å²) in [5.41, 5.74) is 1.11. The predicted molar refractivity (Wildman–Crippen MR) is 81.3 cm³/mol. The molecule has 0 aliphatic carbocycles. The topological polar surface area (TPSA) is 80.6 Å². The Morgan fingerprint density at radius 1 is 1.19 bits per heavy atom. The van der Waals surface area contributed by atoms with Crippen LogP contribution in [0.2, 0.25) is 0 Å². The van der Waals surface area contributed by atoms with E-state index in [2.05, 4.69) is 26.6 Å². The summed E-state index contributed by atoms with van der Waals surface area (Å²) in [6, 6.07) is 9.98. The lowest BCUT2D eigenvalue weighted by molar-refractivity contribution is -0.119. The smallest absolute Gasteiger partial charge is 0.291 e. The zero-order valence-electron chi connectivity index (χ0n) is 11.2. The summed E-state index contributed by atoms with van der Waals surface area (Å²) in [6.45, 7) is -0.0307. The molecule has 0 radical (unpaired) electrons. The third-order valence-electron chi connectivity index (χ3n) is 2.48. The number of carbonyl (C=O) groups excluding carboxylic acids is 2. The molecule has 0 spiro atoms. The molecule has 0 unspecified atom stereocenters. The highest BCUT2D eigenvalue weighted by atomic mass is 79.9. The molecule has 7 heteroatoms. The third kappa shape index (κ3) is 4.44. The van der Waals surface area contributed by atoms with Gasteiger partial charge < -0.3 is 19.8 Å². The second kappa shape index (κ2) is 7.05. The van der Waals surface area contributed by atoms with Crippen molar-refractivity contribution in [1.82, 2.24) is 0 Å². The van der Waals surface area contributed by atoms with Crippen LogP contribution in [0.3, 0.4) is 0 Å². The van der Waals surface area contributed by atoms with E-state index in [1.54, 1.807) is 36.4 Å². The second-order valence-electron chi connectivity index (χ2n) is 4.12. The van der Waals surface area contributed by atoms with E-state index in [0.717, 1.165) is 0 Å². The van der Waals surface area contributed by atoms with Crippen molar-refractivity contribution in [2.75, 3.05) is 24.4 Å². The number of halogens is 1.